The van der Waals surface area contributed by atoms with Crippen molar-refractivity contribution < 1.29 is 9.59 Å². The quantitative estimate of drug-likeness (QED) is 0.756. The maximum Gasteiger partial charge on any atom is 0.267 e. The lowest BCUT2D eigenvalue weighted by Crippen LogP contribution is -2.12. The molecule has 0 aromatic carbocycles. The molecule has 0 aliphatic rings. The fourth-order valence-electron chi connectivity index (χ4n) is 0.755. The van der Waals surface area contributed by atoms with Gasteiger partial charge in [0.05, 0.1) is 0 Å². The summed E-state index contributed by atoms with van der Waals surface area (Å²) < 4.78 is 0. The Morgan fingerprint density at radius 1 is 1.33 bits per heavy atom. The zero-order chi connectivity index (χ0) is 11.7. The minimum atomic E-state index is -0.490. The van der Waals surface area contributed by atoms with Gasteiger partial charge in [-0.2, -0.15) is 0 Å². The van der Waals surface area contributed by atoms with Crippen LogP contribution in [0, 0.1) is 0 Å². The Bertz CT molecular complexity index is 312. The van der Waals surface area contributed by atoms with E-state index >= 15 is 0 Å². The topological polar surface area (TPSA) is 99.1 Å². The predicted octanol–water partition coefficient (Wildman–Crippen LogP) is 0.452. The summed E-state index contributed by atoms with van der Waals surface area (Å²) in [5.41, 5.74) is 9.98. The summed E-state index contributed by atoms with van der Waals surface area (Å²) >= 11 is 0. The molecular weight excluding hydrogens is 194 g/mol. The third-order valence-electron chi connectivity index (χ3n) is 1.41. The number of carbonyl (C=O) groups is 2. The Kier molecular flexibility index (Phi) is 6.54. The number of aromatic nitrogens is 1. The van der Waals surface area contributed by atoms with E-state index in [2.05, 4.69) is 4.98 Å². The van der Waals surface area contributed by atoms with Gasteiger partial charge in [0.1, 0.15) is 5.69 Å². The molecule has 0 aliphatic heterocycles. The van der Waals surface area contributed by atoms with E-state index in [1.54, 1.807) is 18.2 Å². The van der Waals surface area contributed by atoms with E-state index in [1.165, 1.54) is 6.20 Å². The van der Waals surface area contributed by atoms with Crippen molar-refractivity contribution in [2.45, 2.75) is 19.8 Å². The van der Waals surface area contributed by atoms with E-state index in [9.17, 15) is 9.59 Å². The van der Waals surface area contributed by atoms with E-state index in [0.29, 0.717) is 12.1 Å². The van der Waals surface area contributed by atoms with Crippen LogP contribution in [0.1, 0.15) is 30.3 Å². The Morgan fingerprint density at radius 3 is 2.20 bits per heavy atom. The van der Waals surface area contributed by atoms with Crippen LogP contribution in [0.5, 0.6) is 0 Å². The van der Waals surface area contributed by atoms with Crippen LogP contribution in [0.3, 0.4) is 0 Å². The lowest BCUT2D eigenvalue weighted by Gasteiger charge is -1.88. The Hall–Kier alpha value is -1.91. The zero-order valence-electron chi connectivity index (χ0n) is 8.64. The molecule has 2 amide bonds. The largest absolute Gasteiger partial charge is 0.370 e. The molecule has 0 bridgehead atoms. The molecule has 1 rings (SSSR count). The zero-order valence-corrected chi connectivity index (χ0v) is 8.64. The lowest BCUT2D eigenvalue weighted by atomic mass is 10.3. The van der Waals surface area contributed by atoms with Gasteiger partial charge in [-0.15, -0.1) is 0 Å². The van der Waals surface area contributed by atoms with Crippen molar-refractivity contribution in [3.05, 3.63) is 30.1 Å². The fraction of sp³-hybridized carbons (Fsp3) is 0.300. The second-order valence-electron chi connectivity index (χ2n) is 2.80. The van der Waals surface area contributed by atoms with E-state index in [0.717, 1.165) is 6.42 Å². The number of pyridine rings is 1. The molecule has 0 radical (unpaired) electrons. The van der Waals surface area contributed by atoms with Crippen LogP contribution in [-0.2, 0) is 4.79 Å². The third kappa shape index (κ3) is 7.18. The second-order valence-corrected chi connectivity index (χ2v) is 2.80. The molecule has 0 saturated carbocycles. The number of carbonyl (C=O) groups excluding carboxylic acids is 2. The molecule has 0 unspecified atom stereocenters. The number of primary amides is 2. The molecule has 1 aromatic rings. The van der Waals surface area contributed by atoms with Gasteiger partial charge in [-0.3, -0.25) is 14.6 Å². The van der Waals surface area contributed by atoms with Crippen molar-refractivity contribution in [3.8, 4) is 0 Å². The average Bonchev–Trinajstić information content (AvgIpc) is 2.20. The first kappa shape index (κ1) is 13.1. The third-order valence-corrected chi connectivity index (χ3v) is 1.41. The highest BCUT2D eigenvalue weighted by Gasteiger charge is 1.95. The van der Waals surface area contributed by atoms with Crippen LogP contribution in [0.2, 0.25) is 0 Å². The Morgan fingerprint density at radius 2 is 2.00 bits per heavy atom. The summed E-state index contributed by atoms with van der Waals surface area (Å²) in [6.45, 7) is 1.92. The first-order chi connectivity index (χ1) is 7.07. The van der Waals surface area contributed by atoms with Gasteiger partial charge in [0.15, 0.2) is 0 Å². The molecule has 82 valence electrons. The smallest absolute Gasteiger partial charge is 0.267 e. The number of amides is 2. The molecule has 0 saturated heterocycles. The molecule has 5 heteroatoms. The maximum atomic E-state index is 10.4. The highest BCUT2D eigenvalue weighted by molar-refractivity contribution is 5.90. The van der Waals surface area contributed by atoms with E-state index < -0.39 is 5.91 Å². The normalized spacial score (nSPS) is 8.60. The number of nitrogens with two attached hydrogens (primary N) is 2. The number of nitrogens with zero attached hydrogens (tertiary/aromatic N) is 1. The van der Waals surface area contributed by atoms with E-state index in [1.807, 2.05) is 6.92 Å². The van der Waals surface area contributed by atoms with Gasteiger partial charge in [-0.1, -0.05) is 13.0 Å². The van der Waals surface area contributed by atoms with Crippen LogP contribution in [0.15, 0.2) is 24.4 Å². The fourth-order valence-corrected chi connectivity index (χ4v) is 0.755. The molecule has 1 heterocycles. The van der Waals surface area contributed by atoms with Gasteiger partial charge in [0.25, 0.3) is 5.91 Å². The predicted molar refractivity (Wildman–Crippen MR) is 56.9 cm³/mol. The van der Waals surface area contributed by atoms with Crippen molar-refractivity contribution in [1.29, 1.82) is 0 Å². The molecule has 4 N–H and O–H groups in total. The first-order valence-corrected chi connectivity index (χ1v) is 4.57. The van der Waals surface area contributed by atoms with Gasteiger partial charge in [0.2, 0.25) is 5.91 Å². The van der Waals surface area contributed by atoms with Crippen LogP contribution in [0.25, 0.3) is 0 Å². The van der Waals surface area contributed by atoms with Crippen LogP contribution >= 0.6 is 0 Å². The molecule has 0 aliphatic carbocycles. The molecular formula is C10H15N3O2. The summed E-state index contributed by atoms with van der Waals surface area (Å²) in [7, 11) is 0. The number of rotatable bonds is 3. The minimum Gasteiger partial charge on any atom is -0.370 e. The van der Waals surface area contributed by atoms with Crippen LogP contribution in [-0.4, -0.2) is 16.8 Å². The summed E-state index contributed by atoms with van der Waals surface area (Å²) in [5, 5.41) is 0. The summed E-state index contributed by atoms with van der Waals surface area (Å²) in [5.74, 6) is -0.701. The van der Waals surface area contributed by atoms with Gasteiger partial charge in [0, 0.05) is 12.6 Å². The van der Waals surface area contributed by atoms with Crippen LogP contribution in [0.4, 0.5) is 0 Å². The van der Waals surface area contributed by atoms with Crippen LogP contribution < -0.4 is 11.5 Å². The SMILES string of the molecule is CCCC(N)=O.NC(=O)c1ccccn1. The number of hydrogen-bond donors (Lipinski definition) is 2. The molecule has 5 nitrogen and oxygen atoms in total. The maximum absolute atomic E-state index is 10.4. The average molecular weight is 209 g/mol. The summed E-state index contributed by atoms with van der Waals surface area (Å²) in [6, 6.07) is 5.02. The monoisotopic (exact) mass is 209 g/mol. The van der Waals surface area contributed by atoms with Crippen molar-refractivity contribution in [1.82, 2.24) is 4.98 Å². The standard InChI is InChI=1S/C6H6N2O.C4H9NO/c7-6(9)5-3-1-2-4-8-5;1-2-3-4(5)6/h1-4H,(H2,7,9);2-3H2,1H3,(H2,5,6). The Labute approximate surface area is 88.5 Å². The van der Waals surface area contributed by atoms with E-state index in [4.69, 9.17) is 11.5 Å². The minimum absolute atomic E-state index is 0.211. The molecule has 1 aromatic heterocycles. The van der Waals surface area contributed by atoms with Crippen molar-refractivity contribution >= 4 is 11.8 Å². The van der Waals surface area contributed by atoms with Gasteiger partial charge >= 0.3 is 0 Å². The molecule has 0 spiro atoms. The van der Waals surface area contributed by atoms with Crippen molar-refractivity contribution in [2.75, 3.05) is 0 Å². The molecule has 15 heavy (non-hydrogen) atoms. The second kappa shape index (κ2) is 7.49. The van der Waals surface area contributed by atoms with Crippen molar-refractivity contribution in [3.63, 3.8) is 0 Å². The first-order valence-electron chi connectivity index (χ1n) is 4.57. The summed E-state index contributed by atoms with van der Waals surface area (Å²) in [4.78, 5) is 23.9. The van der Waals surface area contributed by atoms with Crippen molar-refractivity contribution in [2.24, 2.45) is 11.5 Å². The van der Waals surface area contributed by atoms with Gasteiger partial charge in [-0.25, -0.2) is 0 Å². The summed E-state index contributed by atoms with van der Waals surface area (Å²) in [6.07, 6.45) is 2.90. The molecule has 0 fully saturated rings. The number of hydrogen-bond acceptors (Lipinski definition) is 3. The highest BCUT2D eigenvalue weighted by Crippen LogP contribution is 1.89. The Balaban J connectivity index is 0.000000288. The highest BCUT2D eigenvalue weighted by atomic mass is 16.1. The van der Waals surface area contributed by atoms with E-state index in [-0.39, 0.29) is 5.91 Å². The van der Waals surface area contributed by atoms with Gasteiger partial charge < -0.3 is 11.5 Å². The molecule has 0 atom stereocenters. The van der Waals surface area contributed by atoms with Gasteiger partial charge in [-0.05, 0) is 18.6 Å². The lowest BCUT2D eigenvalue weighted by molar-refractivity contribution is -0.118.